The minimum atomic E-state index is 0.168. The molecule has 4 heteroatoms. The van der Waals surface area contributed by atoms with Crippen LogP contribution in [0.3, 0.4) is 0 Å². The summed E-state index contributed by atoms with van der Waals surface area (Å²) in [5.74, 6) is 0.894. The molecule has 0 fully saturated rings. The third-order valence-corrected chi connectivity index (χ3v) is 5.32. The summed E-state index contributed by atoms with van der Waals surface area (Å²) in [5, 5.41) is 1.03. The average Bonchev–Trinajstić information content (AvgIpc) is 2.89. The Hall–Kier alpha value is -1.39. The predicted molar refractivity (Wildman–Crippen MR) is 91.5 cm³/mol. The van der Waals surface area contributed by atoms with Crippen LogP contribution in [0.5, 0.6) is 5.75 Å². The van der Waals surface area contributed by atoms with Crippen LogP contribution in [-0.4, -0.2) is 4.98 Å². The van der Waals surface area contributed by atoms with Crippen molar-refractivity contribution in [2.75, 3.05) is 0 Å². The molecule has 118 valence electrons. The van der Waals surface area contributed by atoms with Gasteiger partial charge in [0, 0.05) is 10.9 Å². The van der Waals surface area contributed by atoms with Gasteiger partial charge in [0.2, 0.25) is 0 Å². The van der Waals surface area contributed by atoms with Crippen molar-refractivity contribution < 1.29 is 4.74 Å². The number of nitrogens with zero attached hydrogens (tertiary/aromatic N) is 1. The first-order chi connectivity index (χ1) is 10.4. The maximum Gasteiger partial charge on any atom is 0.140 e. The second kappa shape index (κ2) is 6.01. The SMILES string of the molecule is CC(C)(C)c1ccc(OCc2nc3c(s2)C(N)CCC3)cc1. The van der Waals surface area contributed by atoms with Crippen LogP contribution in [0.15, 0.2) is 24.3 Å². The topological polar surface area (TPSA) is 48.1 Å². The molecule has 3 rings (SSSR count). The molecule has 1 unspecified atom stereocenters. The molecule has 1 aliphatic rings. The molecule has 0 bridgehead atoms. The van der Waals surface area contributed by atoms with Crippen molar-refractivity contribution in [2.45, 2.75) is 58.1 Å². The smallest absolute Gasteiger partial charge is 0.140 e. The lowest BCUT2D eigenvalue weighted by molar-refractivity contribution is 0.305. The van der Waals surface area contributed by atoms with Crippen molar-refractivity contribution in [2.24, 2.45) is 5.73 Å². The van der Waals surface area contributed by atoms with Gasteiger partial charge in [0.25, 0.3) is 0 Å². The highest BCUT2D eigenvalue weighted by Gasteiger charge is 2.21. The van der Waals surface area contributed by atoms with Gasteiger partial charge in [-0.15, -0.1) is 11.3 Å². The summed E-state index contributed by atoms with van der Waals surface area (Å²) in [6.45, 7) is 7.17. The van der Waals surface area contributed by atoms with Crippen molar-refractivity contribution in [1.29, 1.82) is 0 Å². The standard InChI is InChI=1S/C18H24N2OS/c1-18(2,3)12-7-9-13(10-8-12)21-11-16-20-15-6-4-5-14(19)17(15)22-16/h7-10,14H,4-6,11,19H2,1-3H3. The number of aromatic nitrogens is 1. The highest BCUT2D eigenvalue weighted by atomic mass is 32.1. The Morgan fingerprint density at radius 2 is 2.00 bits per heavy atom. The zero-order valence-corrected chi connectivity index (χ0v) is 14.4. The van der Waals surface area contributed by atoms with E-state index >= 15 is 0 Å². The largest absolute Gasteiger partial charge is 0.486 e. The average molecular weight is 316 g/mol. The van der Waals surface area contributed by atoms with Crippen LogP contribution in [0.25, 0.3) is 0 Å². The van der Waals surface area contributed by atoms with Crippen LogP contribution < -0.4 is 10.5 Å². The van der Waals surface area contributed by atoms with Crippen LogP contribution in [-0.2, 0) is 18.4 Å². The van der Waals surface area contributed by atoms with Crippen molar-refractivity contribution in [1.82, 2.24) is 4.98 Å². The van der Waals surface area contributed by atoms with E-state index in [1.165, 1.54) is 16.1 Å². The van der Waals surface area contributed by atoms with Gasteiger partial charge in [-0.05, 0) is 42.4 Å². The number of aryl methyl sites for hydroxylation is 1. The molecule has 2 aromatic rings. The Kier molecular flexibility index (Phi) is 4.24. The first kappa shape index (κ1) is 15.5. The summed E-state index contributed by atoms with van der Waals surface area (Å²) in [6, 6.07) is 8.52. The van der Waals surface area contributed by atoms with Gasteiger partial charge in [-0.2, -0.15) is 0 Å². The predicted octanol–water partition coefficient (Wildman–Crippen LogP) is 4.36. The highest BCUT2D eigenvalue weighted by Crippen LogP contribution is 2.33. The molecule has 0 saturated carbocycles. The van der Waals surface area contributed by atoms with Gasteiger partial charge in [-0.3, -0.25) is 0 Å². The normalized spacial score (nSPS) is 18.1. The Balaban J connectivity index is 1.65. The maximum absolute atomic E-state index is 6.15. The van der Waals surface area contributed by atoms with Crippen LogP contribution in [0.4, 0.5) is 0 Å². The second-order valence-electron chi connectivity index (χ2n) is 6.98. The van der Waals surface area contributed by atoms with Crippen LogP contribution in [0, 0.1) is 0 Å². The van der Waals surface area contributed by atoms with Gasteiger partial charge in [0.1, 0.15) is 17.4 Å². The molecule has 22 heavy (non-hydrogen) atoms. The van der Waals surface area contributed by atoms with E-state index in [9.17, 15) is 0 Å². The lowest BCUT2D eigenvalue weighted by Gasteiger charge is -2.19. The van der Waals surface area contributed by atoms with E-state index in [1.54, 1.807) is 11.3 Å². The quantitative estimate of drug-likeness (QED) is 0.915. The zero-order valence-electron chi connectivity index (χ0n) is 13.6. The summed E-state index contributed by atoms with van der Waals surface area (Å²) in [4.78, 5) is 5.94. The van der Waals surface area contributed by atoms with E-state index in [1.807, 2.05) is 12.1 Å². The van der Waals surface area contributed by atoms with Gasteiger partial charge in [-0.1, -0.05) is 32.9 Å². The maximum atomic E-state index is 6.15. The Morgan fingerprint density at radius 1 is 1.27 bits per heavy atom. The van der Waals surface area contributed by atoms with Gasteiger partial charge in [0.05, 0.1) is 5.69 Å². The molecule has 0 spiro atoms. The number of rotatable bonds is 3. The second-order valence-corrected chi connectivity index (χ2v) is 8.10. The Bertz CT molecular complexity index is 640. The molecular weight excluding hydrogens is 292 g/mol. The number of hydrogen-bond acceptors (Lipinski definition) is 4. The van der Waals surface area contributed by atoms with Crippen molar-refractivity contribution >= 4 is 11.3 Å². The summed E-state index contributed by atoms with van der Waals surface area (Å²) in [6.07, 6.45) is 3.27. The molecule has 1 aromatic carbocycles. The molecule has 0 saturated heterocycles. The fourth-order valence-electron chi connectivity index (χ4n) is 2.76. The fraction of sp³-hybridized carbons (Fsp3) is 0.500. The molecule has 0 radical (unpaired) electrons. The van der Waals surface area contributed by atoms with Crippen molar-refractivity contribution in [3.8, 4) is 5.75 Å². The minimum absolute atomic E-state index is 0.168. The molecule has 0 aliphatic heterocycles. The van der Waals surface area contributed by atoms with Gasteiger partial charge >= 0.3 is 0 Å². The molecule has 0 amide bonds. The van der Waals surface area contributed by atoms with E-state index in [0.29, 0.717) is 6.61 Å². The van der Waals surface area contributed by atoms with Gasteiger partial charge in [-0.25, -0.2) is 4.98 Å². The molecule has 1 aromatic heterocycles. The molecular formula is C18H24N2OS. The molecule has 1 heterocycles. The van der Waals surface area contributed by atoms with Crippen molar-refractivity contribution in [3.05, 3.63) is 45.4 Å². The lowest BCUT2D eigenvalue weighted by Crippen LogP contribution is -2.15. The van der Waals surface area contributed by atoms with E-state index in [2.05, 4.69) is 37.9 Å². The van der Waals surface area contributed by atoms with Crippen LogP contribution in [0.1, 0.15) is 60.8 Å². The summed E-state index contributed by atoms with van der Waals surface area (Å²) in [5.41, 5.74) is 8.82. The lowest BCUT2D eigenvalue weighted by atomic mass is 9.87. The van der Waals surface area contributed by atoms with Crippen molar-refractivity contribution in [3.63, 3.8) is 0 Å². The number of ether oxygens (including phenoxy) is 1. The van der Waals surface area contributed by atoms with Gasteiger partial charge in [0.15, 0.2) is 0 Å². The van der Waals surface area contributed by atoms with Crippen LogP contribution in [0.2, 0.25) is 0 Å². The summed E-state index contributed by atoms with van der Waals surface area (Å²) in [7, 11) is 0. The first-order valence-electron chi connectivity index (χ1n) is 7.91. The number of nitrogens with two attached hydrogens (primary N) is 1. The Labute approximate surface area is 136 Å². The Morgan fingerprint density at radius 3 is 2.64 bits per heavy atom. The van der Waals surface area contributed by atoms with E-state index in [-0.39, 0.29) is 11.5 Å². The summed E-state index contributed by atoms with van der Waals surface area (Å²) < 4.78 is 5.88. The number of fused-ring (bicyclic) bond motifs is 1. The van der Waals surface area contributed by atoms with E-state index in [0.717, 1.165) is 30.0 Å². The molecule has 2 N–H and O–H groups in total. The van der Waals surface area contributed by atoms with Gasteiger partial charge < -0.3 is 10.5 Å². The minimum Gasteiger partial charge on any atom is -0.486 e. The zero-order chi connectivity index (χ0) is 15.7. The first-order valence-corrected chi connectivity index (χ1v) is 8.72. The van der Waals surface area contributed by atoms with E-state index in [4.69, 9.17) is 10.5 Å². The number of hydrogen-bond donors (Lipinski definition) is 1. The van der Waals surface area contributed by atoms with Crippen LogP contribution >= 0.6 is 11.3 Å². The van der Waals surface area contributed by atoms with E-state index < -0.39 is 0 Å². The molecule has 1 atom stereocenters. The fourth-order valence-corrected chi connectivity index (χ4v) is 3.82. The third-order valence-electron chi connectivity index (χ3n) is 4.12. The monoisotopic (exact) mass is 316 g/mol. The molecule has 3 nitrogen and oxygen atoms in total. The summed E-state index contributed by atoms with van der Waals surface area (Å²) >= 11 is 1.71. The molecule has 1 aliphatic carbocycles. The third kappa shape index (κ3) is 3.33. The number of benzene rings is 1. The number of thiazole rings is 1. The highest BCUT2D eigenvalue weighted by molar-refractivity contribution is 7.11.